The number of amides is 1. The number of carbonyl (C=O) groups is 2. The standard InChI is InChI=1S/C14H20N2O4/c1-19-8-7-15-10-13(17)16-9-11-3-5-12(6-4-11)14(18)20-2/h3-6,15H,7-10H2,1-2H3,(H,16,17). The molecule has 0 aliphatic carbocycles. The molecule has 2 N–H and O–H groups in total. The van der Waals surface area contributed by atoms with Crippen molar-refractivity contribution in [3.63, 3.8) is 0 Å². The molecule has 0 bridgehead atoms. The van der Waals surface area contributed by atoms with Gasteiger partial charge >= 0.3 is 5.97 Å². The summed E-state index contributed by atoms with van der Waals surface area (Å²) in [6.45, 7) is 1.88. The SMILES string of the molecule is COCCNCC(=O)NCc1ccc(C(=O)OC)cc1. The third-order valence-electron chi connectivity index (χ3n) is 2.63. The quantitative estimate of drug-likeness (QED) is 0.530. The van der Waals surface area contributed by atoms with Gasteiger partial charge < -0.3 is 20.1 Å². The summed E-state index contributed by atoms with van der Waals surface area (Å²) in [5.74, 6) is -0.457. The molecule has 6 nitrogen and oxygen atoms in total. The Hall–Kier alpha value is -1.92. The molecule has 6 heteroatoms. The zero-order chi connectivity index (χ0) is 14.8. The molecule has 0 saturated carbocycles. The predicted octanol–water partition coefficient (Wildman–Crippen LogP) is 0.325. The molecular formula is C14H20N2O4. The summed E-state index contributed by atoms with van der Waals surface area (Å²) in [5.41, 5.74) is 1.41. The zero-order valence-corrected chi connectivity index (χ0v) is 11.8. The van der Waals surface area contributed by atoms with Gasteiger partial charge in [-0.1, -0.05) is 12.1 Å². The highest BCUT2D eigenvalue weighted by Gasteiger charge is 2.05. The molecule has 0 heterocycles. The Labute approximate surface area is 118 Å². The van der Waals surface area contributed by atoms with Gasteiger partial charge in [0.1, 0.15) is 0 Å². The van der Waals surface area contributed by atoms with Crippen LogP contribution in [0.2, 0.25) is 0 Å². The van der Waals surface area contributed by atoms with Gasteiger partial charge in [-0.15, -0.1) is 0 Å². The van der Waals surface area contributed by atoms with E-state index >= 15 is 0 Å². The number of methoxy groups -OCH3 is 2. The number of benzene rings is 1. The molecule has 0 radical (unpaired) electrons. The molecule has 0 aromatic heterocycles. The lowest BCUT2D eigenvalue weighted by molar-refractivity contribution is -0.120. The lowest BCUT2D eigenvalue weighted by atomic mass is 10.1. The van der Waals surface area contributed by atoms with Crippen LogP contribution in [-0.2, 0) is 20.8 Å². The Morgan fingerprint density at radius 1 is 1.15 bits per heavy atom. The molecule has 0 unspecified atom stereocenters. The molecule has 0 aliphatic heterocycles. The maximum absolute atomic E-state index is 11.5. The van der Waals surface area contributed by atoms with Gasteiger partial charge in [-0.25, -0.2) is 4.79 Å². The van der Waals surface area contributed by atoms with Gasteiger partial charge in [-0.05, 0) is 17.7 Å². The van der Waals surface area contributed by atoms with Crippen LogP contribution in [-0.4, -0.2) is 45.8 Å². The maximum Gasteiger partial charge on any atom is 0.337 e. The monoisotopic (exact) mass is 280 g/mol. The number of carbonyl (C=O) groups excluding carboxylic acids is 2. The fourth-order valence-electron chi connectivity index (χ4n) is 1.52. The van der Waals surface area contributed by atoms with Crippen LogP contribution >= 0.6 is 0 Å². The molecule has 1 aromatic carbocycles. The fraction of sp³-hybridized carbons (Fsp3) is 0.429. The summed E-state index contributed by atoms with van der Waals surface area (Å²) in [6, 6.07) is 6.91. The van der Waals surface area contributed by atoms with Gasteiger partial charge in [0, 0.05) is 20.2 Å². The van der Waals surface area contributed by atoms with Crippen molar-refractivity contribution in [1.29, 1.82) is 0 Å². The van der Waals surface area contributed by atoms with Gasteiger partial charge in [-0.2, -0.15) is 0 Å². The van der Waals surface area contributed by atoms with Gasteiger partial charge in [0.05, 0.1) is 25.8 Å². The highest BCUT2D eigenvalue weighted by Crippen LogP contribution is 2.05. The summed E-state index contributed by atoms with van der Waals surface area (Å²) in [6.07, 6.45) is 0. The second-order valence-corrected chi connectivity index (χ2v) is 4.13. The van der Waals surface area contributed by atoms with E-state index in [1.165, 1.54) is 7.11 Å². The topological polar surface area (TPSA) is 76.7 Å². The molecule has 0 fully saturated rings. The van der Waals surface area contributed by atoms with Crippen molar-refractivity contribution in [3.8, 4) is 0 Å². The van der Waals surface area contributed by atoms with E-state index in [1.54, 1.807) is 31.4 Å². The van der Waals surface area contributed by atoms with Crippen molar-refractivity contribution in [2.24, 2.45) is 0 Å². The van der Waals surface area contributed by atoms with Crippen LogP contribution in [0.3, 0.4) is 0 Å². The molecule has 1 aromatic rings. The first-order valence-electron chi connectivity index (χ1n) is 6.31. The van der Waals surface area contributed by atoms with Crippen molar-refractivity contribution in [3.05, 3.63) is 35.4 Å². The molecular weight excluding hydrogens is 260 g/mol. The average molecular weight is 280 g/mol. The van der Waals surface area contributed by atoms with Gasteiger partial charge in [-0.3, -0.25) is 4.79 Å². The Morgan fingerprint density at radius 3 is 2.45 bits per heavy atom. The number of hydrogen-bond donors (Lipinski definition) is 2. The number of rotatable bonds is 8. The number of nitrogens with one attached hydrogen (secondary N) is 2. The summed E-state index contributed by atoms with van der Waals surface area (Å²) < 4.78 is 9.47. The Morgan fingerprint density at radius 2 is 1.85 bits per heavy atom. The molecule has 110 valence electrons. The van der Waals surface area contributed by atoms with Crippen LogP contribution in [0.4, 0.5) is 0 Å². The molecule has 1 amide bonds. The second kappa shape index (κ2) is 9.06. The Kier molecular flexibility index (Phi) is 7.31. The smallest absolute Gasteiger partial charge is 0.337 e. The zero-order valence-electron chi connectivity index (χ0n) is 11.8. The fourth-order valence-corrected chi connectivity index (χ4v) is 1.52. The normalized spacial score (nSPS) is 10.1. The number of ether oxygens (including phenoxy) is 2. The van der Waals surface area contributed by atoms with E-state index < -0.39 is 0 Å². The number of esters is 1. The molecule has 0 spiro atoms. The first-order chi connectivity index (χ1) is 9.67. The third-order valence-corrected chi connectivity index (χ3v) is 2.63. The summed E-state index contributed by atoms with van der Waals surface area (Å²) in [5, 5.41) is 5.74. The summed E-state index contributed by atoms with van der Waals surface area (Å²) in [4.78, 5) is 22.8. The van der Waals surface area contributed by atoms with Crippen LogP contribution < -0.4 is 10.6 Å². The van der Waals surface area contributed by atoms with Crippen LogP contribution in [0, 0.1) is 0 Å². The first-order valence-corrected chi connectivity index (χ1v) is 6.31. The molecule has 1 rings (SSSR count). The van der Waals surface area contributed by atoms with E-state index in [2.05, 4.69) is 15.4 Å². The lowest BCUT2D eigenvalue weighted by Crippen LogP contribution is -2.34. The van der Waals surface area contributed by atoms with Crippen molar-refractivity contribution in [2.45, 2.75) is 6.54 Å². The van der Waals surface area contributed by atoms with E-state index in [9.17, 15) is 9.59 Å². The summed E-state index contributed by atoms with van der Waals surface area (Å²) >= 11 is 0. The second-order valence-electron chi connectivity index (χ2n) is 4.13. The van der Waals surface area contributed by atoms with E-state index in [4.69, 9.17) is 4.74 Å². The van der Waals surface area contributed by atoms with E-state index in [1.807, 2.05) is 0 Å². The predicted molar refractivity (Wildman–Crippen MR) is 74.4 cm³/mol. The Balaban J connectivity index is 2.31. The van der Waals surface area contributed by atoms with Crippen molar-refractivity contribution >= 4 is 11.9 Å². The van der Waals surface area contributed by atoms with E-state index in [-0.39, 0.29) is 18.4 Å². The van der Waals surface area contributed by atoms with Crippen molar-refractivity contribution in [1.82, 2.24) is 10.6 Å². The minimum atomic E-state index is -0.372. The Bertz CT molecular complexity index is 431. The van der Waals surface area contributed by atoms with Gasteiger partial charge in [0.25, 0.3) is 0 Å². The van der Waals surface area contributed by atoms with Crippen LogP contribution in [0.5, 0.6) is 0 Å². The van der Waals surface area contributed by atoms with Crippen LogP contribution in [0.25, 0.3) is 0 Å². The third kappa shape index (κ3) is 5.81. The highest BCUT2D eigenvalue weighted by atomic mass is 16.5. The summed E-state index contributed by atoms with van der Waals surface area (Å²) in [7, 11) is 2.95. The minimum Gasteiger partial charge on any atom is -0.465 e. The van der Waals surface area contributed by atoms with Crippen molar-refractivity contribution < 1.29 is 19.1 Å². The minimum absolute atomic E-state index is 0.0850. The van der Waals surface area contributed by atoms with Crippen LogP contribution in [0.1, 0.15) is 15.9 Å². The maximum atomic E-state index is 11.5. The van der Waals surface area contributed by atoms with E-state index in [0.29, 0.717) is 25.3 Å². The molecule has 0 saturated heterocycles. The average Bonchev–Trinajstić information content (AvgIpc) is 2.49. The largest absolute Gasteiger partial charge is 0.465 e. The number of hydrogen-bond acceptors (Lipinski definition) is 5. The molecule has 0 aliphatic rings. The van der Waals surface area contributed by atoms with Crippen molar-refractivity contribution in [2.75, 3.05) is 33.9 Å². The first kappa shape index (κ1) is 16.1. The van der Waals surface area contributed by atoms with Gasteiger partial charge in [0.15, 0.2) is 0 Å². The lowest BCUT2D eigenvalue weighted by Gasteiger charge is -2.07. The highest BCUT2D eigenvalue weighted by molar-refractivity contribution is 5.89. The molecule has 20 heavy (non-hydrogen) atoms. The van der Waals surface area contributed by atoms with Gasteiger partial charge in [0.2, 0.25) is 5.91 Å². The van der Waals surface area contributed by atoms with Crippen LogP contribution in [0.15, 0.2) is 24.3 Å². The van der Waals surface area contributed by atoms with E-state index in [0.717, 1.165) is 5.56 Å². The molecule has 0 atom stereocenters.